The largest absolute Gasteiger partial charge is 0.377 e. The second-order valence-corrected chi connectivity index (χ2v) is 4.21. The van der Waals surface area contributed by atoms with Crippen LogP contribution in [0.4, 0.5) is 14.5 Å². The first-order valence-corrected chi connectivity index (χ1v) is 5.27. The summed E-state index contributed by atoms with van der Waals surface area (Å²) in [6.45, 7) is 2.28. The van der Waals surface area contributed by atoms with E-state index in [0.29, 0.717) is 0 Å². The normalized spacial score (nSPS) is 13.2. The third-order valence-electron chi connectivity index (χ3n) is 2.20. The van der Waals surface area contributed by atoms with Crippen LogP contribution in [0.15, 0.2) is 24.3 Å². The molecule has 1 atom stereocenters. The molecule has 90 valence electrons. The number of halogens is 2. The van der Waals surface area contributed by atoms with E-state index in [1.165, 1.54) is 6.92 Å². The smallest absolute Gasteiger partial charge is 0.258 e. The molecule has 0 aliphatic carbocycles. The van der Waals surface area contributed by atoms with Crippen LogP contribution in [-0.2, 0) is 6.54 Å². The summed E-state index contributed by atoms with van der Waals surface area (Å²) < 4.78 is 24.7. The van der Waals surface area contributed by atoms with Gasteiger partial charge in [-0.05, 0) is 38.7 Å². The predicted molar refractivity (Wildman–Crippen MR) is 62.9 cm³/mol. The molecule has 1 N–H and O–H groups in total. The molecule has 0 saturated heterocycles. The van der Waals surface area contributed by atoms with Gasteiger partial charge in [-0.2, -0.15) is 0 Å². The Morgan fingerprint density at radius 3 is 2.56 bits per heavy atom. The fraction of sp³-hybridized carbons (Fsp3) is 0.500. The molecule has 1 unspecified atom stereocenters. The summed E-state index contributed by atoms with van der Waals surface area (Å²) in [6.07, 6.45) is -2.35. The zero-order valence-corrected chi connectivity index (χ0v) is 9.87. The zero-order valence-electron chi connectivity index (χ0n) is 9.87. The zero-order chi connectivity index (χ0) is 12.1. The molecule has 0 amide bonds. The van der Waals surface area contributed by atoms with Gasteiger partial charge in [0, 0.05) is 12.2 Å². The maximum Gasteiger partial charge on any atom is 0.258 e. The average Bonchev–Trinajstić information content (AvgIpc) is 2.16. The van der Waals surface area contributed by atoms with Gasteiger partial charge in [0.1, 0.15) is 0 Å². The lowest BCUT2D eigenvalue weighted by Crippen LogP contribution is -2.23. The highest BCUT2D eigenvalue weighted by Gasteiger charge is 2.13. The van der Waals surface area contributed by atoms with Crippen LogP contribution in [0.5, 0.6) is 0 Å². The fourth-order valence-electron chi connectivity index (χ4n) is 1.45. The third-order valence-corrected chi connectivity index (χ3v) is 2.20. The summed E-state index contributed by atoms with van der Waals surface area (Å²) >= 11 is 0. The van der Waals surface area contributed by atoms with Crippen LogP contribution in [0.1, 0.15) is 12.5 Å². The molecule has 0 aromatic heterocycles. The first kappa shape index (κ1) is 12.9. The van der Waals surface area contributed by atoms with Crippen molar-refractivity contribution >= 4 is 5.69 Å². The summed E-state index contributed by atoms with van der Waals surface area (Å²) in [4.78, 5) is 2.04. The molecule has 0 saturated carbocycles. The minimum Gasteiger partial charge on any atom is -0.377 e. The summed E-state index contributed by atoms with van der Waals surface area (Å²) in [5, 5.41) is 2.79. The summed E-state index contributed by atoms with van der Waals surface area (Å²) in [6, 6.07) is 6.74. The molecule has 1 aromatic rings. The molecule has 0 fully saturated rings. The van der Waals surface area contributed by atoms with Crippen molar-refractivity contribution in [2.75, 3.05) is 19.4 Å². The van der Waals surface area contributed by atoms with E-state index in [1.807, 2.05) is 37.2 Å². The lowest BCUT2D eigenvalue weighted by Gasteiger charge is -2.16. The fourth-order valence-corrected chi connectivity index (χ4v) is 1.45. The van der Waals surface area contributed by atoms with Gasteiger partial charge in [-0.25, -0.2) is 8.78 Å². The second kappa shape index (κ2) is 5.80. The monoisotopic (exact) mass is 228 g/mol. The number of nitrogens with one attached hydrogen (secondary N) is 1. The molecular weight excluding hydrogens is 210 g/mol. The quantitative estimate of drug-likeness (QED) is 0.833. The minimum absolute atomic E-state index is 0.743. The number of rotatable bonds is 5. The van der Waals surface area contributed by atoms with Gasteiger partial charge in [0.2, 0.25) is 0 Å². The van der Waals surface area contributed by atoms with Crippen LogP contribution >= 0.6 is 0 Å². The van der Waals surface area contributed by atoms with E-state index < -0.39 is 12.5 Å². The molecule has 2 nitrogen and oxygen atoms in total. The number of hydrogen-bond acceptors (Lipinski definition) is 2. The molecule has 1 rings (SSSR count). The van der Waals surface area contributed by atoms with E-state index in [9.17, 15) is 8.78 Å². The molecule has 0 radical (unpaired) electrons. The van der Waals surface area contributed by atoms with Crippen molar-refractivity contribution in [2.45, 2.75) is 25.9 Å². The van der Waals surface area contributed by atoms with Gasteiger partial charge in [0.25, 0.3) is 6.43 Å². The Bertz CT molecular complexity index is 327. The van der Waals surface area contributed by atoms with Crippen LogP contribution in [0.2, 0.25) is 0 Å². The molecule has 4 heteroatoms. The molecule has 0 aliphatic rings. The van der Waals surface area contributed by atoms with Gasteiger partial charge in [0.15, 0.2) is 0 Å². The lowest BCUT2D eigenvalue weighted by atomic mass is 10.2. The van der Waals surface area contributed by atoms with Crippen LogP contribution in [0.3, 0.4) is 0 Å². The van der Waals surface area contributed by atoms with Crippen molar-refractivity contribution < 1.29 is 8.78 Å². The average molecular weight is 228 g/mol. The van der Waals surface area contributed by atoms with Crippen molar-refractivity contribution in [3.05, 3.63) is 29.8 Å². The van der Waals surface area contributed by atoms with Crippen LogP contribution in [0, 0.1) is 0 Å². The van der Waals surface area contributed by atoms with Crippen LogP contribution in [0.25, 0.3) is 0 Å². The van der Waals surface area contributed by atoms with Gasteiger partial charge in [-0.1, -0.05) is 12.1 Å². The summed E-state index contributed by atoms with van der Waals surface area (Å²) in [5.74, 6) is 0. The van der Waals surface area contributed by atoms with Gasteiger partial charge in [-0.15, -0.1) is 0 Å². The van der Waals surface area contributed by atoms with Crippen molar-refractivity contribution in [1.29, 1.82) is 0 Å². The highest BCUT2D eigenvalue weighted by atomic mass is 19.3. The predicted octanol–water partition coefficient (Wildman–Crippen LogP) is 2.81. The van der Waals surface area contributed by atoms with Gasteiger partial charge >= 0.3 is 0 Å². The standard InChI is InChI=1S/C12H18F2N2/c1-9(12(13)14)15-11-6-4-5-10(7-11)8-16(2)3/h4-7,9,12,15H,8H2,1-3H3. The van der Waals surface area contributed by atoms with Crippen LogP contribution in [-0.4, -0.2) is 31.5 Å². The van der Waals surface area contributed by atoms with Crippen molar-refractivity contribution in [2.24, 2.45) is 0 Å². The third kappa shape index (κ3) is 4.14. The Balaban J connectivity index is 2.67. The van der Waals surface area contributed by atoms with Crippen molar-refractivity contribution in [3.8, 4) is 0 Å². The van der Waals surface area contributed by atoms with E-state index in [2.05, 4.69) is 5.32 Å². The molecule has 0 spiro atoms. The number of hydrogen-bond donors (Lipinski definition) is 1. The SMILES string of the molecule is CC(Nc1cccc(CN(C)C)c1)C(F)F. The van der Waals surface area contributed by atoms with E-state index in [-0.39, 0.29) is 0 Å². The highest BCUT2D eigenvalue weighted by molar-refractivity contribution is 5.46. The molecule has 0 aliphatic heterocycles. The topological polar surface area (TPSA) is 15.3 Å². The number of alkyl halides is 2. The summed E-state index contributed by atoms with van der Waals surface area (Å²) in [5.41, 5.74) is 1.85. The molecule has 1 aromatic carbocycles. The Kier molecular flexibility index (Phi) is 4.68. The Hall–Kier alpha value is -1.16. The van der Waals surface area contributed by atoms with Crippen molar-refractivity contribution in [1.82, 2.24) is 4.90 Å². The molecular formula is C12H18F2N2. The van der Waals surface area contributed by atoms with Gasteiger partial charge < -0.3 is 10.2 Å². The van der Waals surface area contributed by atoms with E-state index in [4.69, 9.17) is 0 Å². The number of benzene rings is 1. The molecule has 0 bridgehead atoms. The first-order valence-electron chi connectivity index (χ1n) is 5.27. The van der Waals surface area contributed by atoms with Crippen molar-refractivity contribution in [3.63, 3.8) is 0 Å². The Labute approximate surface area is 95.3 Å². The van der Waals surface area contributed by atoms with Crippen LogP contribution < -0.4 is 5.32 Å². The lowest BCUT2D eigenvalue weighted by molar-refractivity contribution is 0.130. The minimum atomic E-state index is -2.35. The van der Waals surface area contributed by atoms with E-state index in [1.54, 1.807) is 6.07 Å². The summed E-state index contributed by atoms with van der Waals surface area (Å²) in [7, 11) is 3.95. The Morgan fingerprint density at radius 1 is 1.31 bits per heavy atom. The maximum atomic E-state index is 12.4. The molecule has 16 heavy (non-hydrogen) atoms. The van der Waals surface area contributed by atoms with Gasteiger partial charge in [0.05, 0.1) is 6.04 Å². The van der Waals surface area contributed by atoms with E-state index in [0.717, 1.165) is 17.8 Å². The second-order valence-electron chi connectivity index (χ2n) is 4.21. The first-order chi connectivity index (χ1) is 7.49. The molecule has 0 heterocycles. The maximum absolute atomic E-state index is 12.4. The number of anilines is 1. The van der Waals surface area contributed by atoms with Gasteiger partial charge in [-0.3, -0.25) is 0 Å². The Morgan fingerprint density at radius 2 is 2.00 bits per heavy atom. The van der Waals surface area contributed by atoms with E-state index >= 15 is 0 Å². The highest BCUT2D eigenvalue weighted by Crippen LogP contribution is 2.15. The number of nitrogens with zero attached hydrogens (tertiary/aromatic N) is 1.